The third kappa shape index (κ3) is 18.8. The van der Waals surface area contributed by atoms with E-state index in [9.17, 15) is 21.0 Å². The molecule has 348 valence electrons. The van der Waals surface area contributed by atoms with E-state index in [1.165, 1.54) is 0 Å². The van der Waals surface area contributed by atoms with Crippen molar-refractivity contribution in [1.29, 1.82) is 21.0 Å². The van der Waals surface area contributed by atoms with Crippen LogP contribution in [0.15, 0.2) is 82.1 Å². The van der Waals surface area contributed by atoms with E-state index in [2.05, 4.69) is 79.7 Å². The van der Waals surface area contributed by atoms with Crippen molar-refractivity contribution in [3.05, 3.63) is 149 Å². The molecule has 0 aliphatic heterocycles. The summed E-state index contributed by atoms with van der Waals surface area (Å²) >= 11 is 0. The van der Waals surface area contributed by atoms with E-state index in [-0.39, 0.29) is 39.0 Å². The van der Waals surface area contributed by atoms with E-state index in [1.807, 2.05) is 88.4 Å². The summed E-state index contributed by atoms with van der Waals surface area (Å²) in [5.74, 6) is 0. The van der Waals surface area contributed by atoms with Crippen molar-refractivity contribution < 1.29 is 49.2 Å². The van der Waals surface area contributed by atoms with Gasteiger partial charge >= 0.3 is 39.0 Å². The third-order valence-electron chi connectivity index (χ3n) is 10.6. The molecule has 12 heteroatoms. The van der Waals surface area contributed by atoms with Crippen LogP contribution >= 0.6 is 0 Å². The standard InChI is InChI=1S/2C27H31N4.2CH3O.2Zn/c2*1-7-22-12-20(16-28)13-23(8-2)26(22)30-18(5)11-19(6)31-27-24(9-3)14-21(17-29)15-25(27)10-4;2*1-2;;/h2*11-15H,7-10H2,1-6H3;2*1H3;;/q4*-1;2*+2/b2*18-11-,31-19?;;;;. The number of hydrogen-bond acceptors (Lipinski definition) is 8. The molecule has 0 bridgehead atoms. The summed E-state index contributed by atoms with van der Waals surface area (Å²) < 4.78 is 0. The van der Waals surface area contributed by atoms with Crippen LogP contribution in [0, 0.1) is 45.3 Å². The monoisotopic (exact) mass is 1010 g/mol. The Morgan fingerprint density at radius 2 is 0.603 bits per heavy atom. The SMILES string of the molecule is CCc1cc(C#N)cc(CC)c1N=C(C)/C=C(/C)[N-]c1c(CC)cc(C#N)cc1CC.CCc1cc(C#N)cc(CC)c1N=C(C)/C=C(/C)[N-]c1c(CC)cc(C#N)cc1CC.C[O-].C[O-].[Zn+2].[Zn+2]. The Morgan fingerprint density at radius 1 is 0.412 bits per heavy atom. The van der Waals surface area contributed by atoms with Gasteiger partial charge in [-0.1, -0.05) is 104 Å². The van der Waals surface area contributed by atoms with E-state index in [0.29, 0.717) is 22.3 Å². The Kier molecular flexibility index (Phi) is 32.9. The maximum Gasteiger partial charge on any atom is 2.00 e. The molecule has 0 fully saturated rings. The topological polar surface area (TPSA) is 194 Å². The van der Waals surface area contributed by atoms with Crippen LogP contribution in [0.1, 0.15) is 150 Å². The van der Waals surface area contributed by atoms with Crippen LogP contribution in [0.5, 0.6) is 0 Å². The molecule has 0 saturated carbocycles. The van der Waals surface area contributed by atoms with Gasteiger partial charge in [0.25, 0.3) is 0 Å². The molecule has 68 heavy (non-hydrogen) atoms. The molecule has 0 N–H and O–H groups in total. The first-order valence-corrected chi connectivity index (χ1v) is 22.8. The molecule has 0 radical (unpaired) electrons. The number of aliphatic imine (C=N–C) groups is 2. The fourth-order valence-electron chi connectivity index (χ4n) is 7.47. The molecule has 0 atom stereocenters. The van der Waals surface area contributed by atoms with Crippen LogP contribution < -0.4 is 10.2 Å². The molecule has 0 spiro atoms. The zero-order valence-electron chi connectivity index (χ0n) is 43.2. The van der Waals surface area contributed by atoms with E-state index in [4.69, 9.17) is 30.8 Å². The molecule has 0 heterocycles. The Balaban J connectivity index is 0. The van der Waals surface area contributed by atoms with Gasteiger partial charge in [-0.15, -0.1) is 11.4 Å². The molecule has 0 aromatic heterocycles. The Labute approximate surface area is 434 Å². The average molecular weight is 1020 g/mol. The fraction of sp³-hybridized carbons (Fsp3) is 0.393. The second-order valence-corrected chi connectivity index (χ2v) is 15.1. The Hall–Kier alpha value is -5.57. The number of aryl methyl sites for hydroxylation is 8. The molecule has 0 unspecified atom stereocenters. The van der Waals surface area contributed by atoms with Crippen LogP contribution in [-0.4, -0.2) is 25.6 Å². The van der Waals surface area contributed by atoms with Gasteiger partial charge in [0.1, 0.15) is 0 Å². The molecule has 0 amide bonds. The van der Waals surface area contributed by atoms with E-state index in [1.54, 1.807) is 0 Å². The van der Waals surface area contributed by atoms with Gasteiger partial charge < -0.3 is 20.8 Å². The first-order chi connectivity index (χ1) is 31.8. The van der Waals surface area contributed by atoms with Crippen LogP contribution in [-0.2, 0) is 90.3 Å². The van der Waals surface area contributed by atoms with Gasteiger partial charge in [0.15, 0.2) is 0 Å². The maximum absolute atomic E-state index is 9.30. The second kappa shape index (κ2) is 34.7. The Bertz CT molecular complexity index is 2290. The molecule has 0 saturated heterocycles. The second-order valence-electron chi connectivity index (χ2n) is 15.1. The van der Waals surface area contributed by atoms with Gasteiger partial charge in [-0.25, -0.2) is 0 Å². The van der Waals surface area contributed by atoms with Crippen molar-refractivity contribution in [2.24, 2.45) is 9.98 Å². The van der Waals surface area contributed by atoms with Crippen LogP contribution in [0.3, 0.4) is 0 Å². The number of nitrogens with zero attached hydrogens (tertiary/aromatic N) is 8. The van der Waals surface area contributed by atoms with Gasteiger partial charge in [-0.2, -0.15) is 46.7 Å². The summed E-state index contributed by atoms with van der Waals surface area (Å²) in [6.07, 6.45) is 10.6. The Morgan fingerprint density at radius 3 is 0.779 bits per heavy atom. The van der Waals surface area contributed by atoms with Crippen molar-refractivity contribution >= 4 is 34.2 Å². The first kappa shape index (κ1) is 64.5. The first-order valence-electron chi connectivity index (χ1n) is 22.8. The summed E-state index contributed by atoms with van der Waals surface area (Å²) in [7, 11) is 1.50. The zero-order chi connectivity index (χ0) is 49.9. The van der Waals surface area contributed by atoms with Gasteiger partial charge in [0.2, 0.25) is 0 Å². The van der Waals surface area contributed by atoms with Gasteiger partial charge in [0, 0.05) is 11.4 Å². The molecule has 0 aliphatic rings. The van der Waals surface area contributed by atoms with Crippen LogP contribution in [0.4, 0.5) is 22.7 Å². The molecule has 10 nitrogen and oxygen atoms in total. The van der Waals surface area contributed by atoms with Crippen LogP contribution in [0.2, 0.25) is 0 Å². The average Bonchev–Trinajstić information content (AvgIpc) is 3.34. The van der Waals surface area contributed by atoms with Gasteiger partial charge in [0.05, 0.1) is 57.9 Å². The van der Waals surface area contributed by atoms with Crippen molar-refractivity contribution in [2.75, 3.05) is 14.2 Å². The minimum atomic E-state index is 0. The number of hydrogen-bond donors (Lipinski definition) is 0. The van der Waals surface area contributed by atoms with E-state index < -0.39 is 0 Å². The summed E-state index contributed by atoms with van der Waals surface area (Å²) in [6.45, 7) is 24.6. The number of allylic oxidation sites excluding steroid dienone is 4. The maximum atomic E-state index is 9.30. The predicted octanol–water partition coefficient (Wildman–Crippen LogP) is 12.7. The summed E-state index contributed by atoms with van der Waals surface area (Å²) in [6, 6.07) is 24.5. The minimum absolute atomic E-state index is 0. The summed E-state index contributed by atoms with van der Waals surface area (Å²) in [4.78, 5) is 9.80. The molecular weight excluding hydrogens is 947 g/mol. The number of nitriles is 4. The molecule has 4 aromatic carbocycles. The summed E-state index contributed by atoms with van der Waals surface area (Å²) in [5.41, 5.74) is 18.8. The zero-order valence-corrected chi connectivity index (χ0v) is 49.2. The van der Waals surface area contributed by atoms with Crippen molar-refractivity contribution in [3.8, 4) is 24.3 Å². The minimum Gasteiger partial charge on any atom is -0.857 e. The normalized spacial score (nSPS) is 10.9. The van der Waals surface area contributed by atoms with Gasteiger partial charge in [-0.05, 0) is 136 Å². The molecule has 4 aromatic rings. The molecule has 4 rings (SSSR count). The molecule has 0 aliphatic carbocycles. The quantitative estimate of drug-likeness (QED) is 0.0791. The number of rotatable bonds is 16. The molecular formula is C56H68N8O2Zn2. The van der Waals surface area contributed by atoms with E-state index >= 15 is 0 Å². The smallest absolute Gasteiger partial charge is 0.857 e. The van der Waals surface area contributed by atoms with Gasteiger partial charge in [-0.3, -0.25) is 9.98 Å². The third-order valence-corrected chi connectivity index (χ3v) is 10.6. The van der Waals surface area contributed by atoms with Crippen molar-refractivity contribution in [3.63, 3.8) is 0 Å². The van der Waals surface area contributed by atoms with Crippen LogP contribution in [0.25, 0.3) is 10.6 Å². The fourth-order valence-corrected chi connectivity index (χ4v) is 7.47. The predicted molar refractivity (Wildman–Crippen MR) is 271 cm³/mol. The largest absolute Gasteiger partial charge is 2.00 e. The van der Waals surface area contributed by atoms with E-state index in [0.717, 1.165) is 156 Å². The van der Waals surface area contributed by atoms with Crippen molar-refractivity contribution in [1.82, 2.24) is 0 Å². The summed E-state index contributed by atoms with van der Waals surface area (Å²) in [5, 5.41) is 63.5. The number of benzene rings is 4. The van der Waals surface area contributed by atoms with Crippen molar-refractivity contribution in [2.45, 2.75) is 134 Å².